The Morgan fingerprint density at radius 3 is 2.66 bits per heavy atom. The standard InChI is InChI=1S/C24H27ClN4O3/c1-28-21(10-11-26-28)19-16-18(8-9-22(19)31-15-14-29-12-4-5-13-29)27-24(30)17-32-23-7-3-2-6-20(23)25/h2-3,6-11,16H,4-5,12-15,17H2,1H3,(H,27,30). The molecule has 0 bridgehead atoms. The second-order valence-electron chi connectivity index (χ2n) is 7.72. The summed E-state index contributed by atoms with van der Waals surface area (Å²) in [7, 11) is 1.88. The number of ether oxygens (including phenoxy) is 2. The Labute approximate surface area is 192 Å². The van der Waals surface area contributed by atoms with Gasteiger partial charge in [-0.3, -0.25) is 14.4 Å². The quantitative estimate of drug-likeness (QED) is 0.524. The van der Waals surface area contributed by atoms with Gasteiger partial charge in [0.05, 0.1) is 10.7 Å². The molecule has 1 saturated heterocycles. The van der Waals surface area contributed by atoms with E-state index in [1.807, 2.05) is 43.4 Å². The molecular formula is C24H27ClN4O3. The SMILES string of the molecule is Cn1nccc1-c1cc(NC(=O)COc2ccccc2Cl)ccc1OCCN1CCCC1. The topological polar surface area (TPSA) is 68.6 Å². The predicted octanol–water partition coefficient (Wildman–Crippen LogP) is 4.23. The van der Waals surface area contributed by atoms with Crippen molar-refractivity contribution in [1.82, 2.24) is 14.7 Å². The van der Waals surface area contributed by atoms with Crippen molar-refractivity contribution in [2.75, 3.05) is 38.2 Å². The molecule has 2 aromatic carbocycles. The minimum Gasteiger partial charge on any atom is -0.492 e. The van der Waals surface area contributed by atoms with Crippen LogP contribution in [0.15, 0.2) is 54.7 Å². The van der Waals surface area contributed by atoms with Gasteiger partial charge in [-0.15, -0.1) is 0 Å². The molecular weight excluding hydrogens is 428 g/mol. The molecule has 1 N–H and O–H groups in total. The minimum atomic E-state index is -0.274. The second-order valence-corrected chi connectivity index (χ2v) is 8.12. The summed E-state index contributed by atoms with van der Waals surface area (Å²) in [6, 6.07) is 14.6. The Morgan fingerprint density at radius 1 is 1.09 bits per heavy atom. The lowest BCUT2D eigenvalue weighted by molar-refractivity contribution is -0.118. The minimum absolute atomic E-state index is 0.140. The highest BCUT2D eigenvalue weighted by Crippen LogP contribution is 2.32. The van der Waals surface area contributed by atoms with Gasteiger partial charge >= 0.3 is 0 Å². The highest BCUT2D eigenvalue weighted by Gasteiger charge is 2.15. The van der Waals surface area contributed by atoms with Crippen LogP contribution in [0.25, 0.3) is 11.3 Å². The summed E-state index contributed by atoms with van der Waals surface area (Å²) in [5.41, 5.74) is 2.43. The van der Waals surface area contributed by atoms with Crippen molar-refractivity contribution in [1.29, 1.82) is 0 Å². The van der Waals surface area contributed by atoms with Crippen molar-refractivity contribution in [2.24, 2.45) is 7.05 Å². The highest BCUT2D eigenvalue weighted by atomic mass is 35.5. The van der Waals surface area contributed by atoms with E-state index in [-0.39, 0.29) is 12.5 Å². The zero-order valence-electron chi connectivity index (χ0n) is 18.1. The summed E-state index contributed by atoms with van der Waals surface area (Å²) >= 11 is 6.08. The van der Waals surface area contributed by atoms with Gasteiger partial charge in [0.1, 0.15) is 18.1 Å². The molecule has 7 nitrogen and oxygen atoms in total. The number of hydrogen-bond acceptors (Lipinski definition) is 5. The van der Waals surface area contributed by atoms with Crippen LogP contribution >= 0.6 is 11.6 Å². The van der Waals surface area contributed by atoms with Gasteiger partial charge in [-0.05, 0) is 62.3 Å². The van der Waals surface area contributed by atoms with Gasteiger partial charge in [0.25, 0.3) is 5.91 Å². The number of nitrogens with zero attached hydrogens (tertiary/aromatic N) is 3. The molecule has 32 heavy (non-hydrogen) atoms. The third-order valence-electron chi connectivity index (χ3n) is 5.42. The molecule has 1 amide bonds. The number of rotatable bonds is 9. The fourth-order valence-corrected chi connectivity index (χ4v) is 3.96. The number of hydrogen-bond donors (Lipinski definition) is 1. The number of carbonyl (C=O) groups excluding carboxylic acids is 1. The van der Waals surface area contributed by atoms with Crippen LogP contribution < -0.4 is 14.8 Å². The van der Waals surface area contributed by atoms with Gasteiger partial charge < -0.3 is 14.8 Å². The van der Waals surface area contributed by atoms with E-state index < -0.39 is 0 Å². The molecule has 1 aliphatic rings. The molecule has 168 valence electrons. The maximum Gasteiger partial charge on any atom is 0.262 e. The summed E-state index contributed by atoms with van der Waals surface area (Å²) in [6.07, 6.45) is 4.26. The van der Waals surface area contributed by atoms with Crippen molar-refractivity contribution >= 4 is 23.2 Å². The molecule has 0 saturated carbocycles. The summed E-state index contributed by atoms with van der Waals surface area (Å²) in [5.74, 6) is 0.961. The van der Waals surface area contributed by atoms with E-state index in [0.717, 1.165) is 36.6 Å². The maximum absolute atomic E-state index is 12.4. The van der Waals surface area contributed by atoms with Crippen molar-refractivity contribution in [3.05, 3.63) is 59.8 Å². The fraction of sp³-hybridized carbons (Fsp3) is 0.333. The van der Waals surface area contributed by atoms with Crippen LogP contribution in [0.3, 0.4) is 0 Å². The average molecular weight is 455 g/mol. The van der Waals surface area contributed by atoms with Crippen molar-refractivity contribution in [3.63, 3.8) is 0 Å². The molecule has 2 heterocycles. The van der Waals surface area contributed by atoms with Gasteiger partial charge in [0, 0.05) is 31.0 Å². The lowest BCUT2D eigenvalue weighted by Crippen LogP contribution is -2.25. The normalized spacial score (nSPS) is 13.8. The number of benzene rings is 2. The number of aryl methyl sites for hydroxylation is 1. The third-order valence-corrected chi connectivity index (χ3v) is 5.73. The Bertz CT molecular complexity index is 1060. The molecule has 1 aromatic heterocycles. The lowest BCUT2D eigenvalue weighted by Gasteiger charge is -2.17. The molecule has 0 aliphatic carbocycles. The van der Waals surface area contributed by atoms with Crippen LogP contribution in [0.4, 0.5) is 5.69 Å². The number of amides is 1. The van der Waals surface area contributed by atoms with Crippen LogP contribution in [0, 0.1) is 0 Å². The smallest absolute Gasteiger partial charge is 0.262 e. The summed E-state index contributed by atoms with van der Waals surface area (Å²) in [5, 5.41) is 7.62. The number of nitrogens with one attached hydrogen (secondary N) is 1. The molecule has 0 unspecified atom stereocenters. The van der Waals surface area contributed by atoms with E-state index in [4.69, 9.17) is 21.1 Å². The first-order valence-corrected chi connectivity index (χ1v) is 11.1. The van der Waals surface area contributed by atoms with Crippen molar-refractivity contribution in [2.45, 2.75) is 12.8 Å². The van der Waals surface area contributed by atoms with Crippen LogP contribution in [-0.4, -0.2) is 53.4 Å². The number of anilines is 1. The summed E-state index contributed by atoms with van der Waals surface area (Å²) in [6.45, 7) is 3.65. The van der Waals surface area contributed by atoms with Crippen molar-refractivity contribution < 1.29 is 14.3 Å². The van der Waals surface area contributed by atoms with Gasteiger partial charge in [-0.25, -0.2) is 0 Å². The van der Waals surface area contributed by atoms with Crippen LogP contribution in [0.1, 0.15) is 12.8 Å². The average Bonchev–Trinajstić information content (AvgIpc) is 3.46. The molecule has 0 spiro atoms. The summed E-state index contributed by atoms with van der Waals surface area (Å²) < 4.78 is 13.4. The van der Waals surface area contributed by atoms with E-state index in [9.17, 15) is 4.79 Å². The first kappa shape index (κ1) is 22.2. The number of carbonyl (C=O) groups is 1. The van der Waals surface area contributed by atoms with E-state index in [1.165, 1.54) is 12.8 Å². The summed E-state index contributed by atoms with van der Waals surface area (Å²) in [4.78, 5) is 14.8. The molecule has 1 fully saturated rings. The molecule has 1 aliphatic heterocycles. The molecule has 0 atom stereocenters. The monoisotopic (exact) mass is 454 g/mol. The van der Waals surface area contributed by atoms with E-state index in [0.29, 0.717) is 23.1 Å². The largest absolute Gasteiger partial charge is 0.492 e. The van der Waals surface area contributed by atoms with Gasteiger partial charge in [0.15, 0.2) is 6.61 Å². The molecule has 3 aromatic rings. The number of likely N-dealkylation sites (tertiary alicyclic amines) is 1. The molecule has 8 heteroatoms. The van der Waals surface area contributed by atoms with E-state index in [1.54, 1.807) is 23.0 Å². The van der Waals surface area contributed by atoms with E-state index in [2.05, 4.69) is 15.3 Å². The highest BCUT2D eigenvalue weighted by molar-refractivity contribution is 6.32. The van der Waals surface area contributed by atoms with Gasteiger partial charge in [0.2, 0.25) is 0 Å². The Kier molecular flexibility index (Phi) is 7.29. The predicted molar refractivity (Wildman–Crippen MR) is 125 cm³/mol. The second kappa shape index (κ2) is 10.5. The molecule has 4 rings (SSSR count). The van der Waals surface area contributed by atoms with Gasteiger partial charge in [-0.2, -0.15) is 5.10 Å². The molecule has 0 radical (unpaired) electrons. The third kappa shape index (κ3) is 5.60. The number of para-hydroxylation sites is 1. The zero-order chi connectivity index (χ0) is 22.3. The van der Waals surface area contributed by atoms with E-state index >= 15 is 0 Å². The first-order chi connectivity index (χ1) is 15.6. The van der Waals surface area contributed by atoms with Crippen LogP contribution in [0.5, 0.6) is 11.5 Å². The lowest BCUT2D eigenvalue weighted by atomic mass is 10.1. The Balaban J connectivity index is 1.43. The number of aromatic nitrogens is 2. The van der Waals surface area contributed by atoms with Crippen molar-refractivity contribution in [3.8, 4) is 22.8 Å². The first-order valence-electron chi connectivity index (χ1n) is 10.7. The number of halogens is 1. The zero-order valence-corrected chi connectivity index (χ0v) is 18.8. The fourth-order valence-electron chi connectivity index (χ4n) is 3.76. The Hall–Kier alpha value is -3.03. The van der Waals surface area contributed by atoms with Gasteiger partial charge in [-0.1, -0.05) is 23.7 Å². The maximum atomic E-state index is 12.4. The van der Waals surface area contributed by atoms with Crippen LogP contribution in [0.2, 0.25) is 5.02 Å². The van der Waals surface area contributed by atoms with Crippen LogP contribution in [-0.2, 0) is 11.8 Å². The Morgan fingerprint density at radius 2 is 1.91 bits per heavy atom.